The molecule has 0 saturated carbocycles. The van der Waals surface area contributed by atoms with E-state index in [0.29, 0.717) is 6.67 Å². The van der Waals surface area contributed by atoms with Crippen molar-refractivity contribution in [3.8, 4) is 0 Å². The summed E-state index contributed by atoms with van der Waals surface area (Å²) in [5.41, 5.74) is 0. The van der Waals surface area contributed by atoms with E-state index in [0.717, 1.165) is 5.82 Å². The van der Waals surface area contributed by atoms with Gasteiger partial charge in [0.25, 0.3) is 0 Å². The van der Waals surface area contributed by atoms with Gasteiger partial charge < -0.3 is 4.90 Å². The number of fused-ring (bicyclic) bond motifs is 1. The molecule has 2 aliphatic rings. The molecule has 0 N–H and O–H groups in total. The Morgan fingerprint density at radius 2 is 2.17 bits per heavy atom. The number of nitrogens with zero attached hydrogens (tertiary/aromatic N) is 4. The zero-order valence-electron chi connectivity index (χ0n) is 6.12. The Kier molecular flexibility index (Phi) is 4.54. The summed E-state index contributed by atoms with van der Waals surface area (Å²) in [5, 5.41) is 7.69. The van der Waals surface area contributed by atoms with Gasteiger partial charge >= 0.3 is 0 Å². The predicted molar refractivity (Wildman–Crippen MR) is 51.8 cm³/mol. The van der Waals surface area contributed by atoms with Crippen LogP contribution in [0.3, 0.4) is 0 Å². The highest BCUT2D eigenvalue weighted by atomic mass is 35.5. The van der Waals surface area contributed by atoms with Crippen molar-refractivity contribution in [2.24, 2.45) is 15.2 Å². The molecular formula is C6H8Cl2N4. The summed E-state index contributed by atoms with van der Waals surface area (Å²) in [5.74, 6) is 0.810. The third-order valence-electron chi connectivity index (χ3n) is 1.31. The minimum atomic E-state index is 0. The molecule has 0 amide bonds. The molecule has 0 atom stereocenters. The van der Waals surface area contributed by atoms with Gasteiger partial charge in [-0.2, -0.15) is 5.11 Å². The van der Waals surface area contributed by atoms with E-state index in [1.165, 1.54) is 0 Å². The molecule has 0 fully saturated rings. The fraction of sp³-hybridized carbons (Fsp3) is 0.167. The van der Waals surface area contributed by atoms with Crippen LogP contribution in [0.1, 0.15) is 0 Å². The van der Waals surface area contributed by atoms with Gasteiger partial charge in [0.1, 0.15) is 6.67 Å². The smallest absolute Gasteiger partial charge is 0.174 e. The Balaban J connectivity index is 0.000000605. The monoisotopic (exact) mass is 206 g/mol. The van der Waals surface area contributed by atoms with E-state index in [-0.39, 0.29) is 24.8 Å². The topological polar surface area (TPSA) is 40.3 Å². The maximum absolute atomic E-state index is 3.94. The normalized spacial score (nSPS) is 17.3. The minimum Gasteiger partial charge on any atom is -0.308 e. The molecule has 0 aromatic carbocycles. The summed E-state index contributed by atoms with van der Waals surface area (Å²) >= 11 is 0. The van der Waals surface area contributed by atoms with Crippen LogP contribution >= 0.6 is 24.8 Å². The van der Waals surface area contributed by atoms with Gasteiger partial charge in [0.15, 0.2) is 5.82 Å². The lowest BCUT2D eigenvalue weighted by molar-refractivity contribution is 0.524. The number of hydrogen-bond donors (Lipinski definition) is 0. The molecule has 66 valence electrons. The van der Waals surface area contributed by atoms with E-state index in [4.69, 9.17) is 0 Å². The Morgan fingerprint density at radius 1 is 1.33 bits per heavy atom. The molecule has 4 nitrogen and oxygen atoms in total. The molecule has 12 heavy (non-hydrogen) atoms. The van der Waals surface area contributed by atoms with E-state index in [2.05, 4.69) is 15.2 Å². The maximum Gasteiger partial charge on any atom is 0.174 e. The number of rotatable bonds is 0. The quantitative estimate of drug-likeness (QED) is 0.598. The van der Waals surface area contributed by atoms with Crippen LogP contribution in [-0.2, 0) is 0 Å². The Hall–Kier alpha value is -0.870. The first-order valence-electron chi connectivity index (χ1n) is 3.01. The van der Waals surface area contributed by atoms with Crippen LogP contribution in [0.15, 0.2) is 39.5 Å². The predicted octanol–water partition coefficient (Wildman–Crippen LogP) is 1.95. The van der Waals surface area contributed by atoms with Gasteiger partial charge in [0, 0.05) is 12.4 Å². The molecule has 0 aromatic rings. The second-order valence-electron chi connectivity index (χ2n) is 1.98. The molecule has 0 radical (unpaired) electrons. The Labute approximate surface area is 82.6 Å². The number of hydrogen-bond acceptors (Lipinski definition) is 4. The van der Waals surface area contributed by atoms with Gasteiger partial charge in [-0.1, -0.05) is 0 Å². The number of aliphatic imine (C=N–C) groups is 1. The average Bonchev–Trinajstić information content (AvgIpc) is 2.28. The lowest BCUT2D eigenvalue weighted by atomic mass is 10.6. The summed E-state index contributed by atoms with van der Waals surface area (Å²) in [6.07, 6.45) is 7.18. The van der Waals surface area contributed by atoms with Crippen molar-refractivity contribution < 1.29 is 0 Å². The molecule has 0 saturated heterocycles. The number of allylic oxidation sites excluding steroid dienone is 1. The largest absolute Gasteiger partial charge is 0.308 e. The van der Waals surface area contributed by atoms with E-state index in [1.54, 1.807) is 12.4 Å². The summed E-state index contributed by atoms with van der Waals surface area (Å²) in [7, 11) is 0. The van der Waals surface area contributed by atoms with Crippen LogP contribution in [0.4, 0.5) is 0 Å². The van der Waals surface area contributed by atoms with Gasteiger partial charge in [0.2, 0.25) is 0 Å². The first-order valence-corrected chi connectivity index (χ1v) is 3.01. The van der Waals surface area contributed by atoms with Crippen molar-refractivity contribution in [3.63, 3.8) is 0 Å². The fourth-order valence-corrected chi connectivity index (χ4v) is 0.827. The lowest BCUT2D eigenvalue weighted by Crippen LogP contribution is -2.08. The summed E-state index contributed by atoms with van der Waals surface area (Å²) < 4.78 is 0. The van der Waals surface area contributed by atoms with Crippen LogP contribution in [0.2, 0.25) is 0 Å². The van der Waals surface area contributed by atoms with Gasteiger partial charge in [0.05, 0.1) is 6.20 Å². The van der Waals surface area contributed by atoms with Crippen molar-refractivity contribution in [1.29, 1.82) is 0 Å². The molecule has 0 bridgehead atoms. The molecule has 2 rings (SSSR count). The SMILES string of the molecule is C1=CN2CN=NC2=CN=C1.Cl.Cl. The number of halogens is 2. The second kappa shape index (κ2) is 4.90. The molecule has 2 aliphatic heterocycles. The van der Waals surface area contributed by atoms with E-state index in [9.17, 15) is 0 Å². The highest BCUT2D eigenvalue weighted by Crippen LogP contribution is 2.15. The number of azo groups is 1. The standard InChI is InChI=1S/C6H6N4.2ClH/c1-2-7-4-6-9-8-5-10(6)3-1;;/h1-4H,5H2;2*1H. The third-order valence-corrected chi connectivity index (χ3v) is 1.31. The average molecular weight is 207 g/mol. The molecule has 0 unspecified atom stereocenters. The van der Waals surface area contributed by atoms with Gasteiger partial charge in [-0.25, -0.2) is 0 Å². The molecule has 0 aromatic heterocycles. The summed E-state index contributed by atoms with van der Waals surface area (Å²) in [6.45, 7) is 0.617. The maximum atomic E-state index is 3.94. The minimum absolute atomic E-state index is 0. The van der Waals surface area contributed by atoms with Gasteiger partial charge in [-0.05, 0) is 6.08 Å². The van der Waals surface area contributed by atoms with Crippen LogP contribution in [0.5, 0.6) is 0 Å². The van der Waals surface area contributed by atoms with Crippen molar-refractivity contribution in [2.75, 3.05) is 6.67 Å². The molecule has 0 aliphatic carbocycles. The fourth-order valence-electron chi connectivity index (χ4n) is 0.827. The first kappa shape index (κ1) is 11.1. The third kappa shape index (κ3) is 2.06. The van der Waals surface area contributed by atoms with Crippen molar-refractivity contribution in [2.45, 2.75) is 0 Å². The zero-order valence-corrected chi connectivity index (χ0v) is 7.75. The molecule has 0 spiro atoms. The van der Waals surface area contributed by atoms with Gasteiger partial charge in [-0.3, -0.25) is 4.99 Å². The van der Waals surface area contributed by atoms with Crippen LogP contribution in [-0.4, -0.2) is 17.8 Å². The molecular weight excluding hydrogens is 199 g/mol. The zero-order chi connectivity index (χ0) is 6.81. The van der Waals surface area contributed by atoms with Crippen LogP contribution in [0, 0.1) is 0 Å². The van der Waals surface area contributed by atoms with Crippen molar-refractivity contribution in [3.05, 3.63) is 24.3 Å². The Bertz CT molecular complexity index is 256. The van der Waals surface area contributed by atoms with Crippen molar-refractivity contribution >= 4 is 31.0 Å². The molecule has 2 heterocycles. The van der Waals surface area contributed by atoms with E-state index >= 15 is 0 Å². The second-order valence-corrected chi connectivity index (χ2v) is 1.98. The van der Waals surface area contributed by atoms with E-state index in [1.807, 2.05) is 17.2 Å². The highest BCUT2D eigenvalue weighted by molar-refractivity contribution is 5.85. The highest BCUT2D eigenvalue weighted by Gasteiger charge is 2.10. The van der Waals surface area contributed by atoms with Crippen LogP contribution < -0.4 is 0 Å². The van der Waals surface area contributed by atoms with E-state index < -0.39 is 0 Å². The summed E-state index contributed by atoms with van der Waals surface area (Å²) in [4.78, 5) is 5.87. The lowest BCUT2D eigenvalue weighted by Gasteiger charge is -2.06. The summed E-state index contributed by atoms with van der Waals surface area (Å²) in [6, 6.07) is 0. The first-order chi connectivity index (χ1) is 4.97. The Morgan fingerprint density at radius 3 is 3.00 bits per heavy atom. The van der Waals surface area contributed by atoms with Crippen molar-refractivity contribution in [1.82, 2.24) is 4.90 Å². The molecule has 6 heteroatoms. The van der Waals surface area contributed by atoms with Crippen LogP contribution in [0.25, 0.3) is 0 Å². The van der Waals surface area contributed by atoms with Gasteiger partial charge in [-0.15, -0.1) is 29.9 Å².